The Morgan fingerprint density at radius 3 is 2.38 bits per heavy atom. The summed E-state index contributed by atoms with van der Waals surface area (Å²) in [5.74, 6) is 0.372. The van der Waals surface area contributed by atoms with E-state index in [9.17, 15) is 20.2 Å². The minimum absolute atomic E-state index is 0.00125. The Kier molecular flexibility index (Phi) is 6.04. The van der Waals surface area contributed by atoms with Crippen LogP contribution in [0, 0.1) is 20.2 Å². The predicted octanol–water partition coefficient (Wildman–Crippen LogP) is 3.07. The summed E-state index contributed by atoms with van der Waals surface area (Å²) < 4.78 is 10.1. The van der Waals surface area contributed by atoms with Crippen LogP contribution < -0.4 is 9.47 Å². The largest absolute Gasteiger partial charge is 0.496 e. The maximum atomic E-state index is 11.1. The van der Waals surface area contributed by atoms with Gasteiger partial charge in [0.05, 0.1) is 30.3 Å². The van der Waals surface area contributed by atoms with Gasteiger partial charge < -0.3 is 14.3 Å². The molecule has 2 rings (SSSR count). The average molecular weight is 361 g/mol. The summed E-state index contributed by atoms with van der Waals surface area (Å²) in [5, 5.41) is 25.6. The number of nitro groups is 2. The van der Waals surface area contributed by atoms with Crippen LogP contribution >= 0.6 is 0 Å². The number of hydrogen-bond acceptors (Lipinski definition) is 8. The number of non-ortho nitro benzene ring substituents is 1. The predicted molar refractivity (Wildman–Crippen MR) is 91.7 cm³/mol. The SMILES string of the molecule is COc1cc(OC)c([N+](=O)[O-])cc1/C=N\OCc1cccc([N+](=O)[O-])c1. The van der Waals surface area contributed by atoms with E-state index >= 15 is 0 Å². The molecule has 10 nitrogen and oxygen atoms in total. The Morgan fingerprint density at radius 1 is 1.04 bits per heavy atom. The minimum Gasteiger partial charge on any atom is -0.496 e. The van der Waals surface area contributed by atoms with E-state index in [4.69, 9.17) is 14.3 Å². The Bertz CT molecular complexity index is 852. The number of oxime groups is 1. The fourth-order valence-electron chi connectivity index (χ4n) is 2.12. The second-order valence-electron chi connectivity index (χ2n) is 4.96. The molecule has 0 fully saturated rings. The van der Waals surface area contributed by atoms with Gasteiger partial charge in [0.15, 0.2) is 0 Å². The van der Waals surface area contributed by atoms with Gasteiger partial charge in [-0.15, -0.1) is 0 Å². The zero-order valence-corrected chi connectivity index (χ0v) is 13.9. The molecule has 0 amide bonds. The molecule has 0 N–H and O–H groups in total. The van der Waals surface area contributed by atoms with Crippen molar-refractivity contribution in [1.29, 1.82) is 0 Å². The smallest absolute Gasteiger partial charge is 0.311 e. The zero-order valence-electron chi connectivity index (χ0n) is 13.9. The molecule has 0 aliphatic carbocycles. The van der Waals surface area contributed by atoms with Gasteiger partial charge >= 0.3 is 5.69 Å². The zero-order chi connectivity index (χ0) is 19.1. The van der Waals surface area contributed by atoms with Gasteiger partial charge in [0.25, 0.3) is 5.69 Å². The summed E-state index contributed by atoms with van der Waals surface area (Å²) in [6.45, 7) is -0.00125. The van der Waals surface area contributed by atoms with Crippen LogP contribution in [-0.2, 0) is 11.4 Å². The summed E-state index contributed by atoms with van der Waals surface area (Å²) in [6.07, 6.45) is 1.25. The number of nitrogens with zero attached hydrogens (tertiary/aromatic N) is 3. The van der Waals surface area contributed by atoms with E-state index in [1.54, 1.807) is 6.07 Å². The third-order valence-electron chi connectivity index (χ3n) is 3.35. The molecule has 2 aromatic carbocycles. The highest BCUT2D eigenvalue weighted by Crippen LogP contribution is 2.33. The molecule has 0 aromatic heterocycles. The summed E-state index contributed by atoms with van der Waals surface area (Å²) >= 11 is 0. The molecule has 0 saturated heterocycles. The third-order valence-corrected chi connectivity index (χ3v) is 3.35. The molecule has 0 unspecified atom stereocenters. The Hall–Kier alpha value is -3.69. The van der Waals surface area contributed by atoms with Crippen molar-refractivity contribution in [3.63, 3.8) is 0 Å². The number of ether oxygens (including phenoxy) is 2. The standard InChI is InChI=1S/C16H15N3O7/c1-24-15-8-16(25-2)14(19(22)23)7-12(15)9-17-26-10-11-4-3-5-13(6-11)18(20)21/h3-9H,10H2,1-2H3/b17-9-. The van der Waals surface area contributed by atoms with E-state index in [2.05, 4.69) is 5.16 Å². The summed E-state index contributed by atoms with van der Waals surface area (Å²) in [7, 11) is 2.72. The lowest BCUT2D eigenvalue weighted by Crippen LogP contribution is -1.99. The van der Waals surface area contributed by atoms with Crippen LogP contribution in [0.5, 0.6) is 11.5 Å². The Labute approximate surface area is 147 Å². The highest BCUT2D eigenvalue weighted by molar-refractivity contribution is 5.85. The first-order valence-electron chi connectivity index (χ1n) is 7.25. The van der Waals surface area contributed by atoms with E-state index in [0.29, 0.717) is 16.9 Å². The molecular weight excluding hydrogens is 346 g/mol. The highest BCUT2D eigenvalue weighted by Gasteiger charge is 2.18. The van der Waals surface area contributed by atoms with Crippen molar-refractivity contribution in [3.05, 3.63) is 67.8 Å². The maximum absolute atomic E-state index is 11.1. The van der Waals surface area contributed by atoms with E-state index in [0.717, 1.165) is 0 Å². The van der Waals surface area contributed by atoms with Crippen molar-refractivity contribution in [2.75, 3.05) is 14.2 Å². The number of benzene rings is 2. The topological polar surface area (TPSA) is 126 Å². The first kappa shape index (κ1) is 18.6. The fraction of sp³-hybridized carbons (Fsp3) is 0.188. The second-order valence-corrected chi connectivity index (χ2v) is 4.96. The summed E-state index contributed by atoms with van der Waals surface area (Å²) in [6, 6.07) is 8.55. The van der Waals surface area contributed by atoms with Crippen molar-refractivity contribution in [2.45, 2.75) is 6.61 Å². The van der Waals surface area contributed by atoms with Crippen molar-refractivity contribution in [1.82, 2.24) is 0 Å². The molecule has 0 bridgehead atoms. The molecule has 26 heavy (non-hydrogen) atoms. The minimum atomic E-state index is -0.584. The van der Waals surface area contributed by atoms with Crippen molar-refractivity contribution in [2.24, 2.45) is 5.16 Å². The van der Waals surface area contributed by atoms with Crippen molar-refractivity contribution in [3.8, 4) is 11.5 Å². The monoisotopic (exact) mass is 361 g/mol. The van der Waals surface area contributed by atoms with Gasteiger partial charge in [-0.2, -0.15) is 0 Å². The first-order valence-corrected chi connectivity index (χ1v) is 7.25. The van der Waals surface area contributed by atoms with Crippen LogP contribution in [-0.4, -0.2) is 30.3 Å². The van der Waals surface area contributed by atoms with Gasteiger partial charge in [-0.3, -0.25) is 20.2 Å². The first-order chi connectivity index (χ1) is 12.5. The van der Waals surface area contributed by atoms with E-state index in [-0.39, 0.29) is 23.7 Å². The van der Waals surface area contributed by atoms with Crippen LogP contribution in [0.4, 0.5) is 11.4 Å². The van der Waals surface area contributed by atoms with Gasteiger partial charge in [0.2, 0.25) is 5.75 Å². The number of rotatable bonds is 8. The number of hydrogen-bond donors (Lipinski definition) is 0. The van der Waals surface area contributed by atoms with Gasteiger partial charge in [-0.05, 0) is 5.56 Å². The fourth-order valence-corrected chi connectivity index (χ4v) is 2.12. The molecule has 0 spiro atoms. The maximum Gasteiger partial charge on any atom is 0.311 e. The lowest BCUT2D eigenvalue weighted by atomic mass is 10.1. The van der Waals surface area contributed by atoms with Crippen molar-refractivity contribution >= 4 is 17.6 Å². The van der Waals surface area contributed by atoms with Gasteiger partial charge in [0, 0.05) is 29.8 Å². The molecule has 10 heteroatoms. The van der Waals surface area contributed by atoms with Crippen molar-refractivity contribution < 1.29 is 24.2 Å². The number of methoxy groups -OCH3 is 2. The van der Waals surface area contributed by atoms with Gasteiger partial charge in [0.1, 0.15) is 12.4 Å². The molecule has 0 aliphatic rings. The van der Waals surface area contributed by atoms with Crippen LogP contribution in [0.15, 0.2) is 41.6 Å². The lowest BCUT2D eigenvalue weighted by molar-refractivity contribution is -0.385. The van der Waals surface area contributed by atoms with E-state index in [1.165, 1.54) is 50.8 Å². The van der Waals surface area contributed by atoms with Crippen LogP contribution in [0.1, 0.15) is 11.1 Å². The van der Waals surface area contributed by atoms with Crippen LogP contribution in [0.25, 0.3) is 0 Å². The van der Waals surface area contributed by atoms with Gasteiger partial charge in [-0.25, -0.2) is 0 Å². The average Bonchev–Trinajstić information content (AvgIpc) is 2.64. The molecule has 0 radical (unpaired) electrons. The summed E-state index contributed by atoms with van der Waals surface area (Å²) in [4.78, 5) is 25.8. The molecular formula is C16H15N3O7. The third kappa shape index (κ3) is 4.44. The second kappa shape index (κ2) is 8.42. The molecule has 2 aromatic rings. The lowest BCUT2D eigenvalue weighted by Gasteiger charge is -2.08. The van der Waals surface area contributed by atoms with Gasteiger partial charge in [-0.1, -0.05) is 17.3 Å². The highest BCUT2D eigenvalue weighted by atomic mass is 16.6. The molecule has 136 valence electrons. The normalized spacial score (nSPS) is 10.5. The quantitative estimate of drug-likeness (QED) is 0.401. The molecule has 0 heterocycles. The molecule has 0 atom stereocenters. The Morgan fingerprint density at radius 2 is 1.77 bits per heavy atom. The molecule has 0 aliphatic heterocycles. The Balaban J connectivity index is 2.14. The van der Waals surface area contributed by atoms with Crippen LogP contribution in [0.3, 0.4) is 0 Å². The van der Waals surface area contributed by atoms with E-state index < -0.39 is 9.85 Å². The van der Waals surface area contributed by atoms with E-state index in [1.807, 2.05) is 0 Å². The van der Waals surface area contributed by atoms with Crippen LogP contribution in [0.2, 0.25) is 0 Å². The summed E-state index contributed by atoms with van der Waals surface area (Å²) in [5.41, 5.74) is 0.582. The number of nitro benzene ring substituents is 2. The molecule has 0 saturated carbocycles.